The minimum absolute atomic E-state index is 0.278. The molecular formula is C15H15FN2O2. The highest BCUT2D eigenvalue weighted by atomic mass is 19.1. The Hall–Kier alpha value is -2.56. The van der Waals surface area contributed by atoms with E-state index in [1.54, 1.807) is 0 Å². The van der Waals surface area contributed by atoms with Gasteiger partial charge in [0.15, 0.2) is 0 Å². The van der Waals surface area contributed by atoms with Gasteiger partial charge in [-0.25, -0.2) is 9.18 Å². The van der Waals surface area contributed by atoms with Crippen molar-refractivity contribution in [2.45, 2.75) is 6.54 Å². The highest BCUT2D eigenvalue weighted by Crippen LogP contribution is 2.24. The minimum atomic E-state index is -0.419. The van der Waals surface area contributed by atoms with E-state index in [4.69, 9.17) is 4.74 Å². The molecule has 0 aromatic heterocycles. The zero-order valence-corrected chi connectivity index (χ0v) is 11.0. The summed E-state index contributed by atoms with van der Waals surface area (Å²) in [7, 11) is 1.42. The third-order valence-electron chi connectivity index (χ3n) is 2.71. The summed E-state index contributed by atoms with van der Waals surface area (Å²) in [6, 6.07) is 13.1. The van der Waals surface area contributed by atoms with Crippen LogP contribution in [0.3, 0.4) is 0 Å². The third-order valence-corrected chi connectivity index (χ3v) is 2.71. The predicted octanol–water partition coefficient (Wildman–Crippen LogP) is 3.16. The highest BCUT2D eigenvalue weighted by molar-refractivity contribution is 5.90. The number of hydrogen-bond donors (Lipinski definition) is 2. The van der Waals surface area contributed by atoms with Crippen molar-refractivity contribution in [2.24, 2.45) is 0 Å². The zero-order chi connectivity index (χ0) is 14.4. The van der Waals surface area contributed by atoms with Crippen molar-refractivity contribution in [1.29, 1.82) is 0 Å². The van der Waals surface area contributed by atoms with Gasteiger partial charge in [0.25, 0.3) is 0 Å². The maximum Gasteiger partial charge on any atom is 0.319 e. The van der Waals surface area contributed by atoms with E-state index < -0.39 is 5.82 Å². The van der Waals surface area contributed by atoms with Crippen LogP contribution in [0.2, 0.25) is 0 Å². The van der Waals surface area contributed by atoms with Gasteiger partial charge >= 0.3 is 6.03 Å². The third kappa shape index (κ3) is 3.71. The van der Waals surface area contributed by atoms with Crippen molar-refractivity contribution in [2.75, 3.05) is 12.4 Å². The number of anilines is 1. The van der Waals surface area contributed by atoms with Gasteiger partial charge in [0.2, 0.25) is 0 Å². The lowest BCUT2D eigenvalue weighted by atomic mass is 10.2. The Morgan fingerprint density at radius 1 is 1.20 bits per heavy atom. The fourth-order valence-corrected chi connectivity index (χ4v) is 1.71. The van der Waals surface area contributed by atoms with E-state index in [9.17, 15) is 9.18 Å². The Kier molecular flexibility index (Phi) is 4.55. The second kappa shape index (κ2) is 6.56. The van der Waals surface area contributed by atoms with Crippen LogP contribution in [0.4, 0.5) is 14.9 Å². The van der Waals surface area contributed by atoms with Crippen LogP contribution in [0.1, 0.15) is 5.56 Å². The molecule has 2 aromatic rings. The Bertz CT molecular complexity index is 588. The number of halogens is 1. The second-order valence-corrected chi connectivity index (χ2v) is 4.14. The normalized spacial score (nSPS) is 9.90. The molecule has 0 aliphatic heterocycles. The second-order valence-electron chi connectivity index (χ2n) is 4.14. The molecule has 2 rings (SSSR count). The zero-order valence-electron chi connectivity index (χ0n) is 11.0. The average Bonchev–Trinajstić information content (AvgIpc) is 2.48. The number of hydrogen-bond acceptors (Lipinski definition) is 2. The molecule has 2 amide bonds. The van der Waals surface area contributed by atoms with Gasteiger partial charge in [-0.2, -0.15) is 0 Å². The van der Waals surface area contributed by atoms with Crippen LogP contribution in [0.15, 0.2) is 48.5 Å². The maximum absolute atomic E-state index is 13.0. The van der Waals surface area contributed by atoms with Crippen LogP contribution in [-0.4, -0.2) is 13.1 Å². The van der Waals surface area contributed by atoms with Crippen LogP contribution < -0.4 is 15.4 Å². The molecule has 0 saturated heterocycles. The molecule has 2 N–H and O–H groups in total. The van der Waals surface area contributed by atoms with Gasteiger partial charge in [0.1, 0.15) is 11.6 Å². The maximum atomic E-state index is 13.0. The topological polar surface area (TPSA) is 50.4 Å². The molecule has 0 heterocycles. The smallest absolute Gasteiger partial charge is 0.319 e. The van der Waals surface area contributed by atoms with Crippen molar-refractivity contribution < 1.29 is 13.9 Å². The fraction of sp³-hybridized carbons (Fsp3) is 0.133. The van der Waals surface area contributed by atoms with Gasteiger partial charge in [-0.1, -0.05) is 30.3 Å². The van der Waals surface area contributed by atoms with Crippen molar-refractivity contribution in [1.82, 2.24) is 5.32 Å². The minimum Gasteiger partial charge on any atom is -0.494 e. The molecular weight excluding hydrogens is 259 g/mol. The number of carbonyl (C=O) groups excluding carboxylic acids is 1. The largest absolute Gasteiger partial charge is 0.494 e. The van der Waals surface area contributed by atoms with Gasteiger partial charge in [0, 0.05) is 12.6 Å². The first kappa shape index (κ1) is 13.9. The number of nitrogens with one attached hydrogen (secondary N) is 2. The van der Waals surface area contributed by atoms with Crippen molar-refractivity contribution in [3.63, 3.8) is 0 Å². The molecule has 0 saturated carbocycles. The van der Waals surface area contributed by atoms with E-state index >= 15 is 0 Å². The number of ether oxygens (including phenoxy) is 1. The van der Waals surface area contributed by atoms with Crippen LogP contribution >= 0.6 is 0 Å². The summed E-state index contributed by atoms with van der Waals surface area (Å²) in [6.45, 7) is 0.413. The number of urea groups is 1. The number of methoxy groups -OCH3 is 1. The molecule has 20 heavy (non-hydrogen) atoms. The first-order valence-corrected chi connectivity index (χ1v) is 6.11. The van der Waals surface area contributed by atoms with Crippen LogP contribution in [0.5, 0.6) is 5.75 Å². The van der Waals surface area contributed by atoms with E-state index in [1.807, 2.05) is 30.3 Å². The summed E-state index contributed by atoms with van der Waals surface area (Å²) in [5.74, 6) is -0.142. The van der Waals surface area contributed by atoms with Gasteiger partial charge < -0.3 is 15.4 Å². The van der Waals surface area contributed by atoms with Crippen LogP contribution in [-0.2, 0) is 6.54 Å². The fourth-order valence-electron chi connectivity index (χ4n) is 1.71. The van der Waals surface area contributed by atoms with E-state index in [1.165, 1.54) is 25.3 Å². The molecule has 0 radical (unpaired) electrons. The average molecular weight is 274 g/mol. The Morgan fingerprint density at radius 2 is 1.95 bits per heavy atom. The van der Waals surface area contributed by atoms with Crippen LogP contribution in [0.25, 0.3) is 0 Å². The predicted molar refractivity (Wildman–Crippen MR) is 75.3 cm³/mol. The van der Waals surface area contributed by atoms with Crippen molar-refractivity contribution in [3.05, 3.63) is 59.9 Å². The van der Waals surface area contributed by atoms with Gasteiger partial charge in [0.05, 0.1) is 12.8 Å². The molecule has 0 aliphatic rings. The summed E-state index contributed by atoms with van der Waals surface area (Å²) in [4.78, 5) is 11.8. The first-order valence-electron chi connectivity index (χ1n) is 6.11. The first-order chi connectivity index (χ1) is 9.69. The number of amides is 2. The summed E-state index contributed by atoms with van der Waals surface area (Å²) >= 11 is 0. The summed E-state index contributed by atoms with van der Waals surface area (Å²) in [6.07, 6.45) is 0. The standard InChI is InChI=1S/C15H15FN2O2/c1-20-14-9-12(16)7-8-13(14)18-15(19)17-10-11-5-3-2-4-6-11/h2-9H,10H2,1H3,(H2,17,18,19). The lowest BCUT2D eigenvalue weighted by molar-refractivity contribution is 0.251. The molecule has 0 aliphatic carbocycles. The Labute approximate surface area is 116 Å². The van der Waals surface area contributed by atoms with Crippen LogP contribution in [0, 0.1) is 5.82 Å². The van der Waals surface area contributed by atoms with Gasteiger partial charge in [-0.3, -0.25) is 0 Å². The lowest BCUT2D eigenvalue weighted by Crippen LogP contribution is -2.28. The molecule has 0 atom stereocenters. The SMILES string of the molecule is COc1cc(F)ccc1NC(=O)NCc1ccccc1. The lowest BCUT2D eigenvalue weighted by Gasteiger charge is -2.11. The Morgan fingerprint density at radius 3 is 2.65 bits per heavy atom. The number of benzene rings is 2. The van der Waals surface area contributed by atoms with E-state index in [-0.39, 0.29) is 11.8 Å². The summed E-state index contributed by atoms with van der Waals surface area (Å²) in [5.41, 5.74) is 1.41. The molecule has 2 aromatic carbocycles. The Balaban J connectivity index is 1.95. The monoisotopic (exact) mass is 274 g/mol. The number of carbonyl (C=O) groups is 1. The molecule has 0 spiro atoms. The van der Waals surface area contributed by atoms with E-state index in [0.29, 0.717) is 12.2 Å². The van der Waals surface area contributed by atoms with Crippen molar-refractivity contribution in [3.8, 4) is 5.75 Å². The van der Waals surface area contributed by atoms with Gasteiger partial charge in [-0.05, 0) is 17.7 Å². The molecule has 104 valence electrons. The quantitative estimate of drug-likeness (QED) is 0.899. The number of rotatable bonds is 4. The molecule has 4 nitrogen and oxygen atoms in total. The summed E-state index contributed by atoms with van der Waals surface area (Å²) in [5, 5.41) is 5.33. The van der Waals surface area contributed by atoms with E-state index in [2.05, 4.69) is 10.6 Å². The van der Waals surface area contributed by atoms with E-state index in [0.717, 1.165) is 5.56 Å². The molecule has 0 fully saturated rings. The van der Waals surface area contributed by atoms with Crippen molar-refractivity contribution >= 4 is 11.7 Å². The highest BCUT2D eigenvalue weighted by Gasteiger charge is 2.08. The molecule has 0 bridgehead atoms. The van der Waals surface area contributed by atoms with Gasteiger partial charge in [-0.15, -0.1) is 0 Å². The summed E-state index contributed by atoms with van der Waals surface area (Å²) < 4.78 is 18.0. The molecule has 0 unspecified atom stereocenters. The molecule has 5 heteroatoms.